The highest BCUT2D eigenvalue weighted by atomic mass is 16.5. The summed E-state index contributed by atoms with van der Waals surface area (Å²) in [6.07, 6.45) is 1.49. The molecule has 3 aromatic rings. The van der Waals surface area contributed by atoms with E-state index >= 15 is 0 Å². The van der Waals surface area contributed by atoms with Crippen LogP contribution in [0.5, 0.6) is 5.75 Å². The molecule has 0 radical (unpaired) electrons. The third-order valence-electron chi connectivity index (χ3n) is 3.91. The molecule has 0 aliphatic carbocycles. The first-order valence-electron chi connectivity index (χ1n) is 8.44. The van der Waals surface area contributed by atoms with Crippen LogP contribution in [-0.4, -0.2) is 29.2 Å². The minimum atomic E-state index is -0.594. The zero-order valence-corrected chi connectivity index (χ0v) is 15.2. The summed E-state index contributed by atoms with van der Waals surface area (Å²) in [5, 5.41) is 15.0. The summed E-state index contributed by atoms with van der Waals surface area (Å²) in [7, 11) is 1.54. The molecule has 0 saturated carbocycles. The van der Waals surface area contributed by atoms with Gasteiger partial charge < -0.3 is 26.4 Å². The number of nitrogens with one attached hydrogen (secondary N) is 4. The van der Waals surface area contributed by atoms with Crippen LogP contribution in [0.4, 0.5) is 21.9 Å². The van der Waals surface area contributed by atoms with Crippen molar-refractivity contribution in [3.8, 4) is 5.75 Å². The number of benzene rings is 2. The Hall–Kier alpha value is -4.01. The van der Waals surface area contributed by atoms with E-state index < -0.39 is 5.91 Å². The normalized spacial score (nSPS) is 10.2. The molecule has 0 fully saturated rings. The fourth-order valence-corrected chi connectivity index (χ4v) is 2.60. The molecule has 144 valence electrons. The van der Waals surface area contributed by atoms with Gasteiger partial charge in [0.05, 0.1) is 24.7 Å². The lowest BCUT2D eigenvalue weighted by Crippen LogP contribution is -2.20. The molecular weight excluding hydrogens is 360 g/mol. The number of nitrogens with two attached hydrogens (primary N) is 1. The van der Waals surface area contributed by atoms with Crippen LogP contribution in [0.2, 0.25) is 0 Å². The molecule has 1 heterocycles. The fraction of sp³-hybridized carbons (Fsp3) is 0.105. The number of amides is 3. The van der Waals surface area contributed by atoms with Crippen LogP contribution in [0.1, 0.15) is 16.1 Å². The second kappa shape index (κ2) is 8.58. The van der Waals surface area contributed by atoms with Crippen LogP contribution in [0.15, 0.2) is 54.7 Å². The van der Waals surface area contributed by atoms with Gasteiger partial charge in [-0.3, -0.25) is 9.89 Å². The molecule has 2 aromatic carbocycles. The lowest BCUT2D eigenvalue weighted by molar-refractivity contribution is 0.0996. The average Bonchev–Trinajstić information content (AvgIpc) is 3.16. The predicted molar refractivity (Wildman–Crippen MR) is 107 cm³/mol. The molecule has 0 unspecified atom stereocenters. The van der Waals surface area contributed by atoms with Gasteiger partial charge in [0, 0.05) is 12.2 Å². The number of nitrogens with zero attached hydrogens (tertiary/aromatic N) is 1. The van der Waals surface area contributed by atoms with E-state index in [1.165, 1.54) is 6.20 Å². The third-order valence-corrected chi connectivity index (χ3v) is 3.91. The number of rotatable bonds is 7. The van der Waals surface area contributed by atoms with Crippen molar-refractivity contribution < 1.29 is 14.3 Å². The second-order valence-corrected chi connectivity index (χ2v) is 5.86. The molecule has 9 heteroatoms. The number of H-pyrrole nitrogens is 1. The van der Waals surface area contributed by atoms with Crippen LogP contribution < -0.4 is 26.4 Å². The van der Waals surface area contributed by atoms with Gasteiger partial charge in [0.1, 0.15) is 11.4 Å². The van der Waals surface area contributed by atoms with Crippen molar-refractivity contribution in [1.82, 2.24) is 10.2 Å². The number of hydrogen-bond acceptors (Lipinski definition) is 5. The lowest BCUT2D eigenvalue weighted by atomic mass is 10.2. The van der Waals surface area contributed by atoms with E-state index in [4.69, 9.17) is 10.5 Å². The van der Waals surface area contributed by atoms with Crippen LogP contribution in [0, 0.1) is 0 Å². The minimum Gasteiger partial charge on any atom is -0.495 e. The number of ether oxygens (including phenoxy) is 1. The number of aromatic amines is 1. The molecule has 6 N–H and O–H groups in total. The van der Waals surface area contributed by atoms with Crippen molar-refractivity contribution in [3.05, 3.63) is 66.0 Å². The third kappa shape index (κ3) is 4.58. The molecule has 0 aliphatic heterocycles. The standard InChI is InChI=1S/C19H20N6O3/c1-28-16-8-3-2-7-14(16)24-19(27)23-13-6-4-5-12(9-13)10-21-15-11-22-25-17(15)18(20)26/h2-9,11,21H,10H2,1H3,(H2,20,26)(H,22,25)(H2,23,24,27). The number of aromatic nitrogens is 2. The van der Waals surface area contributed by atoms with Gasteiger partial charge in [-0.1, -0.05) is 24.3 Å². The van der Waals surface area contributed by atoms with Crippen molar-refractivity contribution in [2.24, 2.45) is 5.73 Å². The molecule has 0 spiro atoms. The van der Waals surface area contributed by atoms with E-state index in [-0.39, 0.29) is 11.7 Å². The second-order valence-electron chi connectivity index (χ2n) is 5.86. The summed E-state index contributed by atoms with van der Waals surface area (Å²) in [6.45, 7) is 0.420. The number of urea groups is 1. The topological polar surface area (TPSA) is 134 Å². The zero-order chi connectivity index (χ0) is 19.9. The molecule has 0 saturated heterocycles. The smallest absolute Gasteiger partial charge is 0.323 e. The first-order chi connectivity index (χ1) is 13.6. The Balaban J connectivity index is 1.62. The Labute approximate surface area is 161 Å². The first-order valence-corrected chi connectivity index (χ1v) is 8.44. The monoisotopic (exact) mass is 380 g/mol. The van der Waals surface area contributed by atoms with Crippen molar-refractivity contribution in [2.45, 2.75) is 6.54 Å². The number of methoxy groups -OCH3 is 1. The highest BCUT2D eigenvalue weighted by Gasteiger charge is 2.10. The van der Waals surface area contributed by atoms with Gasteiger partial charge in [-0.15, -0.1) is 0 Å². The minimum absolute atomic E-state index is 0.213. The van der Waals surface area contributed by atoms with Gasteiger partial charge in [-0.05, 0) is 29.8 Å². The maximum Gasteiger partial charge on any atom is 0.323 e. The molecule has 3 amide bonds. The Bertz CT molecular complexity index is 985. The number of carbonyl (C=O) groups is 2. The van der Waals surface area contributed by atoms with Crippen molar-refractivity contribution in [1.29, 1.82) is 0 Å². The summed E-state index contributed by atoms with van der Waals surface area (Å²) in [4.78, 5) is 23.6. The number of anilines is 3. The van der Waals surface area contributed by atoms with E-state index in [0.717, 1.165) is 5.56 Å². The summed E-state index contributed by atoms with van der Waals surface area (Å²) in [6, 6.07) is 14.1. The average molecular weight is 380 g/mol. The van der Waals surface area contributed by atoms with Gasteiger partial charge in [-0.2, -0.15) is 5.10 Å². The van der Waals surface area contributed by atoms with Crippen LogP contribution in [-0.2, 0) is 6.54 Å². The fourth-order valence-electron chi connectivity index (χ4n) is 2.60. The largest absolute Gasteiger partial charge is 0.495 e. The summed E-state index contributed by atoms with van der Waals surface area (Å²) >= 11 is 0. The SMILES string of the molecule is COc1ccccc1NC(=O)Nc1cccc(CNc2cn[nH]c2C(N)=O)c1. The highest BCUT2D eigenvalue weighted by molar-refractivity contribution is 6.00. The number of carbonyl (C=O) groups excluding carboxylic acids is 2. The quantitative estimate of drug-likeness (QED) is 0.430. The van der Waals surface area contributed by atoms with Crippen LogP contribution in [0.3, 0.4) is 0 Å². The molecule has 28 heavy (non-hydrogen) atoms. The van der Waals surface area contributed by atoms with E-state index in [2.05, 4.69) is 26.1 Å². The van der Waals surface area contributed by atoms with E-state index in [9.17, 15) is 9.59 Å². The molecular formula is C19H20N6O3. The summed E-state index contributed by atoms with van der Waals surface area (Å²) < 4.78 is 5.22. The molecule has 1 aromatic heterocycles. The van der Waals surface area contributed by atoms with Gasteiger partial charge in [0.25, 0.3) is 5.91 Å². The number of primary amides is 1. The Morgan fingerprint density at radius 1 is 1.11 bits per heavy atom. The number of hydrogen-bond donors (Lipinski definition) is 5. The Kier molecular flexibility index (Phi) is 5.75. The van der Waals surface area contributed by atoms with Crippen LogP contribution in [0.25, 0.3) is 0 Å². The predicted octanol–water partition coefficient (Wildman–Crippen LogP) is 2.77. The van der Waals surface area contributed by atoms with Crippen molar-refractivity contribution in [3.63, 3.8) is 0 Å². The van der Waals surface area contributed by atoms with Crippen molar-refractivity contribution in [2.75, 3.05) is 23.1 Å². The zero-order valence-electron chi connectivity index (χ0n) is 15.2. The first kappa shape index (κ1) is 18.8. The van der Waals surface area contributed by atoms with Crippen LogP contribution >= 0.6 is 0 Å². The maximum atomic E-state index is 12.3. The Morgan fingerprint density at radius 2 is 1.93 bits per heavy atom. The molecule has 0 bridgehead atoms. The highest BCUT2D eigenvalue weighted by Crippen LogP contribution is 2.23. The van der Waals surface area contributed by atoms with E-state index in [1.54, 1.807) is 31.4 Å². The van der Waals surface area contributed by atoms with E-state index in [1.807, 2.05) is 24.3 Å². The van der Waals surface area contributed by atoms with Gasteiger partial charge >= 0.3 is 6.03 Å². The molecule has 9 nitrogen and oxygen atoms in total. The number of para-hydroxylation sites is 2. The van der Waals surface area contributed by atoms with E-state index in [0.29, 0.717) is 29.4 Å². The van der Waals surface area contributed by atoms with Gasteiger partial charge in [0.2, 0.25) is 0 Å². The van der Waals surface area contributed by atoms with Crippen molar-refractivity contribution >= 4 is 29.0 Å². The van der Waals surface area contributed by atoms with Gasteiger partial charge in [-0.25, -0.2) is 4.79 Å². The Morgan fingerprint density at radius 3 is 2.71 bits per heavy atom. The molecule has 0 atom stereocenters. The molecule has 3 rings (SSSR count). The van der Waals surface area contributed by atoms with Gasteiger partial charge in [0.15, 0.2) is 0 Å². The summed E-state index contributed by atoms with van der Waals surface area (Å²) in [5.41, 5.74) is 8.09. The molecule has 0 aliphatic rings. The summed E-state index contributed by atoms with van der Waals surface area (Å²) in [5.74, 6) is -0.0237. The maximum absolute atomic E-state index is 12.3. The lowest BCUT2D eigenvalue weighted by Gasteiger charge is -2.12.